The van der Waals surface area contributed by atoms with Gasteiger partial charge in [0.25, 0.3) is 5.91 Å². The van der Waals surface area contributed by atoms with Crippen LogP contribution >= 0.6 is 0 Å². The van der Waals surface area contributed by atoms with E-state index < -0.39 is 0 Å². The SMILES string of the molecule is Cc1ccc(N=Cc2ccc(OCC(=O)NC3CCCCC3)cc2)cc1. The van der Waals surface area contributed by atoms with Gasteiger partial charge in [-0.1, -0.05) is 37.0 Å². The Kier molecular flexibility index (Phi) is 6.42. The van der Waals surface area contributed by atoms with E-state index in [0.717, 1.165) is 24.1 Å². The van der Waals surface area contributed by atoms with Crippen molar-refractivity contribution in [3.05, 3.63) is 59.7 Å². The second-order valence-corrected chi connectivity index (χ2v) is 6.85. The topological polar surface area (TPSA) is 50.7 Å². The van der Waals surface area contributed by atoms with E-state index >= 15 is 0 Å². The van der Waals surface area contributed by atoms with Crippen LogP contribution in [0.15, 0.2) is 53.5 Å². The number of nitrogens with zero attached hydrogens (tertiary/aromatic N) is 1. The first-order valence-corrected chi connectivity index (χ1v) is 9.32. The molecule has 1 aliphatic carbocycles. The maximum Gasteiger partial charge on any atom is 0.258 e. The van der Waals surface area contributed by atoms with Gasteiger partial charge in [0.15, 0.2) is 6.61 Å². The van der Waals surface area contributed by atoms with Crippen molar-refractivity contribution in [2.75, 3.05) is 6.61 Å². The highest BCUT2D eigenvalue weighted by atomic mass is 16.5. The van der Waals surface area contributed by atoms with Crippen molar-refractivity contribution in [3.63, 3.8) is 0 Å². The first kappa shape index (κ1) is 18.2. The van der Waals surface area contributed by atoms with Crippen molar-refractivity contribution in [3.8, 4) is 5.75 Å². The third kappa shape index (κ3) is 5.73. The van der Waals surface area contributed by atoms with Crippen LogP contribution in [-0.4, -0.2) is 24.8 Å². The van der Waals surface area contributed by atoms with Crippen LogP contribution in [0.1, 0.15) is 43.2 Å². The summed E-state index contributed by atoms with van der Waals surface area (Å²) < 4.78 is 5.58. The highest BCUT2D eigenvalue weighted by molar-refractivity contribution is 5.82. The summed E-state index contributed by atoms with van der Waals surface area (Å²) in [5.74, 6) is 0.651. The average Bonchev–Trinajstić information content (AvgIpc) is 2.67. The Hall–Kier alpha value is -2.62. The van der Waals surface area contributed by atoms with E-state index in [-0.39, 0.29) is 12.5 Å². The second kappa shape index (κ2) is 9.18. The van der Waals surface area contributed by atoms with Crippen LogP contribution in [0.3, 0.4) is 0 Å². The van der Waals surface area contributed by atoms with E-state index in [1.165, 1.54) is 24.8 Å². The number of carbonyl (C=O) groups excluding carboxylic acids is 1. The molecule has 0 bridgehead atoms. The molecule has 1 saturated carbocycles. The molecule has 0 atom stereocenters. The highest BCUT2D eigenvalue weighted by Crippen LogP contribution is 2.17. The predicted octanol–water partition coefficient (Wildman–Crippen LogP) is 4.57. The van der Waals surface area contributed by atoms with E-state index in [2.05, 4.69) is 17.2 Å². The van der Waals surface area contributed by atoms with Crippen LogP contribution in [-0.2, 0) is 4.79 Å². The Morgan fingerprint density at radius 1 is 1.08 bits per heavy atom. The Bertz CT molecular complexity index is 730. The molecule has 136 valence electrons. The first-order chi connectivity index (χ1) is 12.7. The molecule has 0 spiro atoms. The monoisotopic (exact) mass is 350 g/mol. The third-order valence-electron chi connectivity index (χ3n) is 4.62. The molecule has 2 aromatic carbocycles. The first-order valence-electron chi connectivity index (χ1n) is 9.32. The van der Waals surface area contributed by atoms with Gasteiger partial charge in [-0.2, -0.15) is 0 Å². The number of ether oxygens (including phenoxy) is 1. The molecule has 1 aliphatic rings. The van der Waals surface area contributed by atoms with Crippen molar-refractivity contribution >= 4 is 17.8 Å². The zero-order valence-corrected chi connectivity index (χ0v) is 15.3. The van der Waals surface area contributed by atoms with Gasteiger partial charge in [0.2, 0.25) is 0 Å². The summed E-state index contributed by atoms with van der Waals surface area (Å²) in [4.78, 5) is 16.4. The summed E-state index contributed by atoms with van der Waals surface area (Å²) in [7, 11) is 0. The smallest absolute Gasteiger partial charge is 0.258 e. The Morgan fingerprint density at radius 3 is 2.46 bits per heavy atom. The molecule has 2 aromatic rings. The molecule has 1 fully saturated rings. The lowest BCUT2D eigenvalue weighted by Gasteiger charge is -2.22. The summed E-state index contributed by atoms with van der Waals surface area (Å²) in [6, 6.07) is 16.0. The lowest BCUT2D eigenvalue weighted by atomic mass is 9.95. The number of carbonyl (C=O) groups is 1. The van der Waals surface area contributed by atoms with Crippen LogP contribution in [0.4, 0.5) is 5.69 Å². The zero-order valence-electron chi connectivity index (χ0n) is 15.3. The Labute approximate surface area is 155 Å². The molecule has 4 heteroatoms. The van der Waals surface area contributed by atoms with Crippen LogP contribution in [0.5, 0.6) is 5.75 Å². The molecule has 26 heavy (non-hydrogen) atoms. The van der Waals surface area contributed by atoms with E-state index in [4.69, 9.17) is 4.74 Å². The minimum Gasteiger partial charge on any atom is -0.484 e. The van der Waals surface area contributed by atoms with Crippen molar-refractivity contribution in [1.29, 1.82) is 0 Å². The summed E-state index contributed by atoms with van der Waals surface area (Å²) >= 11 is 0. The van der Waals surface area contributed by atoms with Gasteiger partial charge >= 0.3 is 0 Å². The fraction of sp³-hybridized carbons (Fsp3) is 0.364. The van der Waals surface area contributed by atoms with E-state index in [1.807, 2.05) is 54.7 Å². The molecule has 0 heterocycles. The average molecular weight is 350 g/mol. The number of amides is 1. The molecule has 0 aromatic heterocycles. The van der Waals surface area contributed by atoms with Crippen LogP contribution in [0.25, 0.3) is 0 Å². The van der Waals surface area contributed by atoms with Gasteiger partial charge in [-0.3, -0.25) is 9.79 Å². The largest absolute Gasteiger partial charge is 0.484 e. The van der Waals surface area contributed by atoms with Gasteiger partial charge in [-0.15, -0.1) is 0 Å². The fourth-order valence-corrected chi connectivity index (χ4v) is 3.10. The summed E-state index contributed by atoms with van der Waals surface area (Å²) in [5.41, 5.74) is 3.14. The quantitative estimate of drug-likeness (QED) is 0.776. The highest BCUT2D eigenvalue weighted by Gasteiger charge is 2.15. The van der Waals surface area contributed by atoms with E-state index in [1.54, 1.807) is 0 Å². The van der Waals surface area contributed by atoms with Crippen molar-refractivity contribution in [1.82, 2.24) is 5.32 Å². The maximum atomic E-state index is 12.0. The molecule has 0 saturated heterocycles. The van der Waals surface area contributed by atoms with Crippen LogP contribution < -0.4 is 10.1 Å². The number of hydrogen-bond donors (Lipinski definition) is 1. The van der Waals surface area contributed by atoms with Gasteiger partial charge < -0.3 is 10.1 Å². The molecule has 1 amide bonds. The molecule has 1 N–H and O–H groups in total. The summed E-state index contributed by atoms with van der Waals surface area (Å²) in [5, 5.41) is 3.06. The van der Waals surface area contributed by atoms with Gasteiger partial charge in [0, 0.05) is 12.3 Å². The molecular weight excluding hydrogens is 324 g/mol. The van der Waals surface area contributed by atoms with Crippen LogP contribution in [0, 0.1) is 6.92 Å². The van der Waals surface area contributed by atoms with Gasteiger partial charge in [-0.05, 0) is 61.7 Å². The predicted molar refractivity (Wildman–Crippen MR) is 105 cm³/mol. The molecule has 3 rings (SSSR count). The molecule has 0 radical (unpaired) electrons. The second-order valence-electron chi connectivity index (χ2n) is 6.85. The molecule has 4 nitrogen and oxygen atoms in total. The van der Waals surface area contributed by atoms with Crippen molar-refractivity contribution < 1.29 is 9.53 Å². The standard InChI is InChI=1S/C22H26N2O2/c1-17-7-11-19(12-8-17)23-15-18-9-13-21(14-10-18)26-16-22(25)24-20-5-3-2-4-6-20/h7-15,20H,2-6,16H2,1H3,(H,24,25). The fourth-order valence-electron chi connectivity index (χ4n) is 3.10. The van der Waals surface area contributed by atoms with Crippen molar-refractivity contribution in [2.24, 2.45) is 4.99 Å². The molecule has 0 aliphatic heterocycles. The lowest BCUT2D eigenvalue weighted by molar-refractivity contribution is -0.124. The van der Waals surface area contributed by atoms with Crippen molar-refractivity contribution in [2.45, 2.75) is 45.1 Å². The third-order valence-corrected chi connectivity index (χ3v) is 4.62. The normalized spacial score (nSPS) is 15.1. The van der Waals surface area contributed by atoms with Crippen LogP contribution in [0.2, 0.25) is 0 Å². The van der Waals surface area contributed by atoms with Gasteiger partial charge in [0.1, 0.15) is 5.75 Å². The van der Waals surface area contributed by atoms with E-state index in [9.17, 15) is 4.79 Å². The van der Waals surface area contributed by atoms with E-state index in [0.29, 0.717) is 11.8 Å². The minimum atomic E-state index is -0.0399. The Morgan fingerprint density at radius 2 is 1.77 bits per heavy atom. The van der Waals surface area contributed by atoms with Gasteiger partial charge in [0.05, 0.1) is 5.69 Å². The molecular formula is C22H26N2O2. The molecule has 0 unspecified atom stereocenters. The number of rotatable bonds is 6. The lowest BCUT2D eigenvalue weighted by Crippen LogP contribution is -2.38. The number of nitrogens with one attached hydrogen (secondary N) is 1. The minimum absolute atomic E-state index is 0.0399. The zero-order chi connectivity index (χ0) is 18.2. The summed E-state index contributed by atoms with van der Waals surface area (Å²) in [6.45, 7) is 2.12. The number of aryl methyl sites for hydroxylation is 1. The number of aliphatic imine (C=N–C) groups is 1. The maximum absolute atomic E-state index is 12.0. The number of benzene rings is 2. The Balaban J connectivity index is 1.46. The number of hydrogen-bond acceptors (Lipinski definition) is 3. The van der Waals surface area contributed by atoms with Gasteiger partial charge in [-0.25, -0.2) is 0 Å². The summed E-state index contributed by atoms with van der Waals surface area (Å²) in [6.07, 6.45) is 7.68.